The van der Waals surface area contributed by atoms with Crippen molar-refractivity contribution < 1.29 is 28.2 Å². The Labute approximate surface area is 203 Å². The summed E-state index contributed by atoms with van der Waals surface area (Å²) in [6.45, 7) is 4.71. The number of halogens is 1. The predicted molar refractivity (Wildman–Crippen MR) is 127 cm³/mol. The van der Waals surface area contributed by atoms with Gasteiger partial charge in [-0.25, -0.2) is 4.39 Å². The Kier molecular flexibility index (Phi) is 7.53. The van der Waals surface area contributed by atoms with Crippen molar-refractivity contribution in [3.8, 4) is 11.5 Å². The van der Waals surface area contributed by atoms with E-state index in [0.29, 0.717) is 43.0 Å². The normalized spacial score (nSPS) is 16.9. The summed E-state index contributed by atoms with van der Waals surface area (Å²) in [5, 5.41) is 5.86. The first-order chi connectivity index (χ1) is 16.9. The van der Waals surface area contributed by atoms with Crippen LogP contribution in [0.25, 0.3) is 0 Å². The average Bonchev–Trinajstić information content (AvgIpc) is 3.35. The molecule has 0 unspecified atom stereocenters. The highest BCUT2D eigenvalue weighted by atomic mass is 19.1. The molecule has 2 heterocycles. The molecule has 0 aromatic heterocycles. The molecule has 0 spiro atoms. The van der Waals surface area contributed by atoms with Crippen LogP contribution in [0.3, 0.4) is 0 Å². The maximum absolute atomic E-state index is 14.1. The summed E-state index contributed by atoms with van der Waals surface area (Å²) in [7, 11) is 0. The van der Waals surface area contributed by atoms with Crippen molar-refractivity contribution >= 4 is 17.7 Å². The molecule has 2 aliphatic heterocycles. The summed E-state index contributed by atoms with van der Waals surface area (Å²) >= 11 is 0. The predicted octanol–water partition coefficient (Wildman–Crippen LogP) is 3.12. The molecule has 9 heteroatoms. The van der Waals surface area contributed by atoms with E-state index in [1.54, 1.807) is 35.2 Å². The molecule has 1 saturated heterocycles. The Morgan fingerprint density at radius 2 is 1.77 bits per heavy atom. The molecule has 4 rings (SSSR count). The lowest BCUT2D eigenvalue weighted by Crippen LogP contribution is -2.55. The fourth-order valence-electron chi connectivity index (χ4n) is 4.34. The molecule has 8 nitrogen and oxygen atoms in total. The average molecular weight is 484 g/mol. The van der Waals surface area contributed by atoms with Gasteiger partial charge < -0.3 is 25.0 Å². The summed E-state index contributed by atoms with van der Waals surface area (Å²) in [6, 6.07) is 9.98. The number of hydrogen-bond acceptors (Lipinski definition) is 5. The number of hydrogen-bond donors (Lipinski definition) is 2. The fourth-order valence-corrected chi connectivity index (χ4v) is 4.34. The second kappa shape index (κ2) is 10.8. The number of ether oxygens (including phenoxy) is 2. The van der Waals surface area contributed by atoms with Crippen molar-refractivity contribution in [3.05, 3.63) is 59.4 Å². The third-order valence-electron chi connectivity index (χ3n) is 6.61. The zero-order valence-corrected chi connectivity index (χ0v) is 19.9. The summed E-state index contributed by atoms with van der Waals surface area (Å²) in [5.41, 5.74) is 0.399. The minimum Gasteiger partial charge on any atom is -0.454 e. The van der Waals surface area contributed by atoms with Gasteiger partial charge >= 0.3 is 0 Å². The van der Waals surface area contributed by atoms with Crippen LogP contribution in [-0.2, 0) is 4.79 Å². The molecule has 0 radical (unpaired) electrons. The van der Waals surface area contributed by atoms with E-state index in [1.165, 1.54) is 12.1 Å². The lowest BCUT2D eigenvalue weighted by molar-refractivity contribution is -0.125. The Morgan fingerprint density at radius 3 is 2.49 bits per heavy atom. The topological polar surface area (TPSA) is 97.0 Å². The van der Waals surface area contributed by atoms with Crippen LogP contribution in [0, 0.1) is 11.7 Å². The molecule has 1 fully saturated rings. The molecule has 3 amide bonds. The summed E-state index contributed by atoms with van der Waals surface area (Å²) in [4.78, 5) is 40.6. The number of piperidine rings is 1. The number of nitrogens with zero attached hydrogens (tertiary/aromatic N) is 1. The van der Waals surface area contributed by atoms with Gasteiger partial charge in [0, 0.05) is 24.7 Å². The van der Waals surface area contributed by atoms with E-state index in [0.717, 1.165) is 6.42 Å². The van der Waals surface area contributed by atoms with E-state index in [9.17, 15) is 18.8 Å². The van der Waals surface area contributed by atoms with Gasteiger partial charge in [-0.2, -0.15) is 0 Å². The van der Waals surface area contributed by atoms with E-state index in [-0.39, 0.29) is 36.1 Å². The van der Waals surface area contributed by atoms with Gasteiger partial charge in [0.1, 0.15) is 11.9 Å². The SMILES string of the molecule is CC[C@@H](C)NC(=O)[C@H](NC(=O)c1ccc2c(c1)OCO2)C1CCN(C(=O)c2ccccc2F)CC1. The van der Waals surface area contributed by atoms with Crippen molar-refractivity contribution in [2.24, 2.45) is 5.92 Å². The number of benzene rings is 2. The van der Waals surface area contributed by atoms with Crippen molar-refractivity contribution in [1.82, 2.24) is 15.5 Å². The molecule has 0 saturated carbocycles. The zero-order valence-electron chi connectivity index (χ0n) is 19.9. The van der Waals surface area contributed by atoms with Gasteiger partial charge in [0.05, 0.1) is 5.56 Å². The number of nitrogens with one attached hydrogen (secondary N) is 2. The highest BCUT2D eigenvalue weighted by Gasteiger charge is 2.35. The Bertz CT molecular complexity index is 1100. The number of likely N-dealkylation sites (tertiary alicyclic amines) is 1. The highest BCUT2D eigenvalue weighted by molar-refractivity contribution is 5.98. The van der Waals surface area contributed by atoms with Gasteiger partial charge in [-0.15, -0.1) is 0 Å². The second-order valence-electron chi connectivity index (χ2n) is 8.95. The van der Waals surface area contributed by atoms with Gasteiger partial charge in [0.25, 0.3) is 11.8 Å². The van der Waals surface area contributed by atoms with Crippen LogP contribution in [0.15, 0.2) is 42.5 Å². The van der Waals surface area contributed by atoms with Crippen LogP contribution in [0.5, 0.6) is 11.5 Å². The number of carbonyl (C=O) groups excluding carboxylic acids is 3. The first kappa shape index (κ1) is 24.5. The minimum absolute atomic E-state index is 0.0353. The van der Waals surface area contributed by atoms with Crippen molar-refractivity contribution in [2.75, 3.05) is 19.9 Å². The quantitative estimate of drug-likeness (QED) is 0.631. The standard InChI is InChI=1S/C26H30FN3O5/c1-3-16(2)28-25(32)23(29-24(31)18-8-9-21-22(14-18)35-15-34-21)17-10-12-30(13-11-17)26(33)19-6-4-5-7-20(19)27/h4-9,14,16-17,23H,3,10-13,15H2,1-2H3,(H,28,32)(H,29,31)/t16-,23-/m1/s1. The number of fused-ring (bicyclic) bond motifs is 1. The molecular weight excluding hydrogens is 453 g/mol. The third-order valence-corrected chi connectivity index (χ3v) is 6.61. The van der Waals surface area contributed by atoms with Crippen LogP contribution in [0.1, 0.15) is 53.8 Å². The molecule has 2 aromatic rings. The van der Waals surface area contributed by atoms with Crippen LogP contribution >= 0.6 is 0 Å². The summed E-state index contributed by atoms with van der Waals surface area (Å²) < 4.78 is 24.7. The van der Waals surface area contributed by atoms with E-state index >= 15 is 0 Å². The van der Waals surface area contributed by atoms with Gasteiger partial charge in [0.15, 0.2) is 11.5 Å². The summed E-state index contributed by atoms with van der Waals surface area (Å²) in [5.74, 6) is -0.697. The lowest BCUT2D eigenvalue weighted by Gasteiger charge is -2.36. The third kappa shape index (κ3) is 5.55. The van der Waals surface area contributed by atoms with E-state index in [1.807, 2.05) is 13.8 Å². The maximum Gasteiger partial charge on any atom is 0.256 e. The van der Waals surface area contributed by atoms with Crippen molar-refractivity contribution in [3.63, 3.8) is 0 Å². The number of amides is 3. The molecular formula is C26H30FN3O5. The molecule has 2 aromatic carbocycles. The van der Waals surface area contributed by atoms with Crippen molar-refractivity contribution in [2.45, 2.75) is 45.2 Å². The van der Waals surface area contributed by atoms with Crippen LogP contribution in [0.4, 0.5) is 4.39 Å². The van der Waals surface area contributed by atoms with Gasteiger partial charge in [-0.1, -0.05) is 19.1 Å². The molecule has 35 heavy (non-hydrogen) atoms. The Morgan fingerprint density at radius 1 is 1.06 bits per heavy atom. The van der Waals surface area contributed by atoms with Crippen LogP contribution in [0.2, 0.25) is 0 Å². The maximum atomic E-state index is 14.1. The molecule has 186 valence electrons. The van der Waals surface area contributed by atoms with E-state index in [4.69, 9.17) is 9.47 Å². The van der Waals surface area contributed by atoms with Crippen LogP contribution < -0.4 is 20.1 Å². The lowest BCUT2D eigenvalue weighted by atomic mass is 9.88. The zero-order chi connectivity index (χ0) is 24.9. The molecule has 2 N–H and O–H groups in total. The molecule has 0 aliphatic carbocycles. The monoisotopic (exact) mass is 483 g/mol. The largest absolute Gasteiger partial charge is 0.454 e. The number of carbonyl (C=O) groups is 3. The second-order valence-corrected chi connectivity index (χ2v) is 8.95. The molecule has 0 bridgehead atoms. The van der Waals surface area contributed by atoms with E-state index < -0.39 is 17.8 Å². The van der Waals surface area contributed by atoms with E-state index in [2.05, 4.69) is 10.6 Å². The summed E-state index contributed by atoms with van der Waals surface area (Å²) in [6.07, 6.45) is 1.75. The molecule has 2 aliphatic rings. The van der Waals surface area contributed by atoms with Gasteiger partial charge in [0.2, 0.25) is 12.7 Å². The van der Waals surface area contributed by atoms with Crippen molar-refractivity contribution in [1.29, 1.82) is 0 Å². The first-order valence-corrected chi connectivity index (χ1v) is 11.9. The number of rotatable bonds is 7. The van der Waals surface area contributed by atoms with Gasteiger partial charge in [-0.3, -0.25) is 14.4 Å². The first-order valence-electron chi connectivity index (χ1n) is 11.9. The Hall–Kier alpha value is -3.62. The molecule has 2 atom stereocenters. The minimum atomic E-state index is -0.771. The Balaban J connectivity index is 1.46. The fraction of sp³-hybridized carbons (Fsp3) is 0.423. The van der Waals surface area contributed by atoms with Gasteiger partial charge in [-0.05, 0) is 62.4 Å². The van der Waals surface area contributed by atoms with Crippen LogP contribution in [-0.4, -0.2) is 54.6 Å². The smallest absolute Gasteiger partial charge is 0.256 e. The highest BCUT2D eigenvalue weighted by Crippen LogP contribution is 2.32.